The molecule has 0 unspecified atom stereocenters. The first-order valence-electron chi connectivity index (χ1n) is 4.26. The first-order chi connectivity index (χ1) is 7.15. The molecule has 3 amide bonds. The third kappa shape index (κ3) is 3.35. The second-order valence-electron chi connectivity index (χ2n) is 2.74. The van der Waals surface area contributed by atoms with E-state index in [-0.39, 0.29) is 13.1 Å². The van der Waals surface area contributed by atoms with Gasteiger partial charge in [0.15, 0.2) is 0 Å². The summed E-state index contributed by atoms with van der Waals surface area (Å²) in [6, 6.07) is -0.556. The van der Waals surface area contributed by atoms with Crippen LogP contribution in [-0.4, -0.2) is 34.0 Å². The van der Waals surface area contributed by atoms with E-state index in [0.717, 1.165) is 0 Å². The number of imide groups is 1. The van der Waals surface area contributed by atoms with Gasteiger partial charge in [0.1, 0.15) is 6.54 Å². The van der Waals surface area contributed by atoms with Crippen molar-refractivity contribution in [2.75, 3.05) is 7.05 Å². The van der Waals surface area contributed by atoms with Crippen LogP contribution in [0.5, 0.6) is 0 Å². The summed E-state index contributed by atoms with van der Waals surface area (Å²) < 4.78 is 1.31. The fourth-order valence-corrected chi connectivity index (χ4v) is 0.885. The summed E-state index contributed by atoms with van der Waals surface area (Å²) in [5.41, 5.74) is 5.90. The molecule has 0 atom stereocenters. The number of urea groups is 1. The van der Waals surface area contributed by atoms with Gasteiger partial charge in [0.2, 0.25) is 5.91 Å². The Hall–Kier alpha value is -1.96. The maximum absolute atomic E-state index is 11.2. The minimum Gasteiger partial charge on any atom is -0.341 e. The van der Waals surface area contributed by atoms with Gasteiger partial charge in [-0.1, -0.05) is 5.21 Å². The maximum atomic E-state index is 11.2. The zero-order valence-corrected chi connectivity index (χ0v) is 8.23. The van der Waals surface area contributed by atoms with E-state index in [1.54, 1.807) is 6.20 Å². The highest BCUT2D eigenvalue weighted by atomic mass is 16.2. The number of nitrogens with two attached hydrogens (primary N) is 1. The van der Waals surface area contributed by atoms with Crippen LogP contribution in [0.25, 0.3) is 0 Å². The normalized spacial score (nSPS) is 9.73. The van der Waals surface area contributed by atoms with Crippen molar-refractivity contribution in [2.45, 2.75) is 13.1 Å². The first-order valence-corrected chi connectivity index (χ1v) is 4.26. The van der Waals surface area contributed by atoms with E-state index in [2.05, 4.69) is 20.9 Å². The minimum absolute atomic E-state index is 0.0690. The Kier molecular flexibility index (Phi) is 3.75. The first kappa shape index (κ1) is 11.1. The van der Waals surface area contributed by atoms with Crippen molar-refractivity contribution >= 4 is 11.9 Å². The lowest BCUT2D eigenvalue weighted by molar-refractivity contribution is -0.120. The lowest BCUT2D eigenvalue weighted by Gasteiger charge is -2.01. The largest absolute Gasteiger partial charge is 0.341 e. The van der Waals surface area contributed by atoms with Gasteiger partial charge in [-0.3, -0.25) is 10.1 Å². The van der Waals surface area contributed by atoms with E-state index in [4.69, 9.17) is 5.73 Å². The fraction of sp³-hybridized carbons (Fsp3) is 0.429. The van der Waals surface area contributed by atoms with Gasteiger partial charge in [-0.15, -0.1) is 5.10 Å². The zero-order valence-electron chi connectivity index (χ0n) is 8.23. The molecule has 0 aromatic carbocycles. The maximum Gasteiger partial charge on any atom is 0.321 e. The van der Waals surface area contributed by atoms with Crippen LogP contribution >= 0.6 is 0 Å². The van der Waals surface area contributed by atoms with Crippen LogP contribution in [0.1, 0.15) is 5.69 Å². The van der Waals surface area contributed by atoms with E-state index in [1.165, 1.54) is 11.7 Å². The lowest BCUT2D eigenvalue weighted by Crippen LogP contribution is -2.39. The highest BCUT2D eigenvalue weighted by Gasteiger charge is 2.07. The minimum atomic E-state index is -0.556. The van der Waals surface area contributed by atoms with E-state index >= 15 is 0 Å². The standard InChI is InChI=1S/C7H12N6O2/c1-9-7(15)10-6(14)4-13-3-5(2-8)11-12-13/h3H,2,4,8H2,1H3,(H2,9,10,14,15). The summed E-state index contributed by atoms with van der Waals surface area (Å²) in [6.45, 7) is 0.192. The molecule has 1 heterocycles. The van der Waals surface area contributed by atoms with Gasteiger partial charge in [0.25, 0.3) is 0 Å². The van der Waals surface area contributed by atoms with E-state index in [0.29, 0.717) is 5.69 Å². The average Bonchev–Trinajstić information content (AvgIpc) is 2.65. The lowest BCUT2D eigenvalue weighted by atomic mass is 10.5. The molecule has 8 heteroatoms. The summed E-state index contributed by atoms with van der Waals surface area (Å²) in [6.07, 6.45) is 1.55. The van der Waals surface area contributed by atoms with Gasteiger partial charge in [-0.2, -0.15) is 0 Å². The second-order valence-corrected chi connectivity index (χ2v) is 2.74. The van der Waals surface area contributed by atoms with Gasteiger partial charge in [0.05, 0.1) is 11.9 Å². The molecular formula is C7H12N6O2. The van der Waals surface area contributed by atoms with Crippen molar-refractivity contribution in [1.29, 1.82) is 0 Å². The van der Waals surface area contributed by atoms with Crippen molar-refractivity contribution in [3.8, 4) is 0 Å². The fourth-order valence-electron chi connectivity index (χ4n) is 0.885. The van der Waals surface area contributed by atoms with Crippen LogP contribution in [0.4, 0.5) is 4.79 Å². The number of amides is 3. The number of nitrogens with one attached hydrogen (secondary N) is 2. The van der Waals surface area contributed by atoms with E-state index < -0.39 is 11.9 Å². The van der Waals surface area contributed by atoms with Crippen LogP contribution in [0.15, 0.2) is 6.20 Å². The molecule has 0 aliphatic heterocycles. The SMILES string of the molecule is CNC(=O)NC(=O)Cn1cc(CN)nn1. The molecule has 1 rings (SSSR count). The zero-order chi connectivity index (χ0) is 11.3. The Bertz CT molecular complexity index is 360. The summed E-state index contributed by atoms with van der Waals surface area (Å²) >= 11 is 0. The number of carbonyl (C=O) groups is 2. The topological polar surface area (TPSA) is 115 Å². The number of hydrogen-bond acceptors (Lipinski definition) is 5. The molecule has 0 fully saturated rings. The molecule has 0 saturated carbocycles. The Morgan fingerprint density at radius 1 is 1.60 bits per heavy atom. The third-order valence-corrected chi connectivity index (χ3v) is 1.58. The number of carbonyl (C=O) groups excluding carboxylic acids is 2. The van der Waals surface area contributed by atoms with Crippen molar-refractivity contribution in [2.24, 2.45) is 5.73 Å². The van der Waals surface area contributed by atoms with Crippen molar-refractivity contribution in [3.63, 3.8) is 0 Å². The summed E-state index contributed by atoms with van der Waals surface area (Å²) in [5.74, 6) is -0.470. The third-order valence-electron chi connectivity index (χ3n) is 1.58. The summed E-state index contributed by atoms with van der Waals surface area (Å²) in [7, 11) is 1.42. The summed E-state index contributed by atoms with van der Waals surface area (Å²) in [4.78, 5) is 22.0. The Morgan fingerprint density at radius 3 is 2.87 bits per heavy atom. The van der Waals surface area contributed by atoms with Crippen LogP contribution in [0.3, 0.4) is 0 Å². The van der Waals surface area contributed by atoms with Crippen molar-refractivity contribution < 1.29 is 9.59 Å². The predicted octanol–water partition coefficient (Wildman–Crippen LogP) is -1.81. The van der Waals surface area contributed by atoms with Gasteiger partial charge >= 0.3 is 6.03 Å². The van der Waals surface area contributed by atoms with Gasteiger partial charge in [0, 0.05) is 13.6 Å². The van der Waals surface area contributed by atoms with E-state index in [9.17, 15) is 9.59 Å². The van der Waals surface area contributed by atoms with E-state index in [1.807, 2.05) is 0 Å². The average molecular weight is 212 g/mol. The number of hydrogen-bond donors (Lipinski definition) is 3. The Balaban J connectivity index is 2.47. The number of aromatic nitrogens is 3. The molecule has 0 bridgehead atoms. The molecule has 1 aromatic heterocycles. The molecule has 1 aromatic rings. The monoisotopic (exact) mass is 212 g/mol. The van der Waals surface area contributed by atoms with Crippen LogP contribution in [-0.2, 0) is 17.9 Å². The van der Waals surface area contributed by atoms with Gasteiger partial charge in [-0.05, 0) is 0 Å². The number of nitrogens with zero attached hydrogens (tertiary/aromatic N) is 3. The number of rotatable bonds is 3. The smallest absolute Gasteiger partial charge is 0.321 e. The molecular weight excluding hydrogens is 200 g/mol. The molecule has 8 nitrogen and oxygen atoms in total. The molecule has 4 N–H and O–H groups in total. The Morgan fingerprint density at radius 2 is 2.33 bits per heavy atom. The summed E-state index contributed by atoms with van der Waals surface area (Å²) in [5, 5.41) is 11.7. The molecule has 0 saturated heterocycles. The van der Waals surface area contributed by atoms with Crippen LogP contribution in [0, 0.1) is 0 Å². The molecule has 0 aliphatic rings. The molecule has 0 aliphatic carbocycles. The van der Waals surface area contributed by atoms with Crippen LogP contribution < -0.4 is 16.4 Å². The molecule has 0 radical (unpaired) electrons. The highest BCUT2D eigenvalue weighted by molar-refractivity contribution is 5.93. The van der Waals surface area contributed by atoms with Crippen molar-refractivity contribution in [1.82, 2.24) is 25.6 Å². The van der Waals surface area contributed by atoms with Crippen LogP contribution in [0.2, 0.25) is 0 Å². The molecule has 82 valence electrons. The quantitative estimate of drug-likeness (QED) is 0.546. The molecule has 15 heavy (non-hydrogen) atoms. The second kappa shape index (κ2) is 5.05. The van der Waals surface area contributed by atoms with Crippen molar-refractivity contribution in [3.05, 3.63) is 11.9 Å². The predicted molar refractivity (Wildman–Crippen MR) is 50.5 cm³/mol. The van der Waals surface area contributed by atoms with Gasteiger partial charge < -0.3 is 11.1 Å². The highest BCUT2D eigenvalue weighted by Crippen LogP contribution is 1.90. The van der Waals surface area contributed by atoms with Gasteiger partial charge in [-0.25, -0.2) is 9.48 Å². The molecule has 0 spiro atoms. The Labute approximate surface area is 85.8 Å².